The zero-order valence-corrected chi connectivity index (χ0v) is 14.1. The maximum atomic E-state index is 13.7. The number of hydrogen-bond acceptors (Lipinski definition) is 4. The Bertz CT molecular complexity index is 1060. The van der Waals surface area contributed by atoms with Gasteiger partial charge in [-0.25, -0.2) is 14.4 Å². The van der Waals surface area contributed by atoms with Gasteiger partial charge in [-0.3, -0.25) is 9.39 Å². The Labute approximate surface area is 151 Å². The molecule has 0 saturated carbocycles. The number of anilines is 1. The van der Waals surface area contributed by atoms with Crippen LogP contribution in [-0.2, 0) is 6.18 Å². The van der Waals surface area contributed by atoms with Crippen molar-refractivity contribution in [1.82, 2.24) is 14.4 Å². The second-order valence-corrected chi connectivity index (χ2v) is 5.99. The summed E-state index contributed by atoms with van der Waals surface area (Å²) in [5, 5.41) is 0. The van der Waals surface area contributed by atoms with E-state index in [-0.39, 0.29) is 0 Å². The summed E-state index contributed by atoms with van der Waals surface area (Å²) in [6.07, 6.45) is 1.15. The van der Waals surface area contributed by atoms with Gasteiger partial charge >= 0.3 is 6.18 Å². The number of alkyl halides is 3. The number of fused-ring (bicyclic) bond motifs is 1. The molecule has 138 valence electrons. The Morgan fingerprint density at radius 2 is 1.85 bits per heavy atom. The van der Waals surface area contributed by atoms with Crippen molar-refractivity contribution in [3.63, 3.8) is 0 Å². The fourth-order valence-corrected chi connectivity index (χ4v) is 3.01. The van der Waals surface area contributed by atoms with Gasteiger partial charge in [0.25, 0.3) is 0 Å². The number of nitrogens with zero attached hydrogens (tertiary/aromatic N) is 5. The van der Waals surface area contributed by atoms with Crippen molar-refractivity contribution in [3.8, 4) is 0 Å². The van der Waals surface area contributed by atoms with Crippen molar-refractivity contribution in [3.05, 3.63) is 65.6 Å². The lowest BCUT2D eigenvalue weighted by molar-refractivity contribution is -0.137. The lowest BCUT2D eigenvalue weighted by Gasteiger charge is -2.28. The summed E-state index contributed by atoms with van der Waals surface area (Å²) in [6, 6.07) is 4.85. The van der Waals surface area contributed by atoms with Crippen molar-refractivity contribution in [2.75, 3.05) is 11.4 Å². The Morgan fingerprint density at radius 3 is 2.56 bits per heavy atom. The van der Waals surface area contributed by atoms with Crippen molar-refractivity contribution in [2.45, 2.75) is 13.1 Å². The van der Waals surface area contributed by atoms with E-state index in [1.807, 2.05) is 0 Å². The van der Waals surface area contributed by atoms with Gasteiger partial charge in [0.2, 0.25) is 5.78 Å². The van der Waals surface area contributed by atoms with Crippen molar-refractivity contribution >= 4 is 23.4 Å². The van der Waals surface area contributed by atoms with Gasteiger partial charge in [-0.15, -0.1) is 0 Å². The molecule has 1 aliphatic rings. The average Bonchev–Trinajstić information content (AvgIpc) is 2.96. The molecule has 4 rings (SSSR count). The average molecular weight is 375 g/mol. The van der Waals surface area contributed by atoms with Crippen LogP contribution in [0.3, 0.4) is 0 Å². The first-order valence-electron chi connectivity index (χ1n) is 8.02. The van der Waals surface area contributed by atoms with Gasteiger partial charge in [-0.05, 0) is 31.2 Å². The Hall–Kier alpha value is -3.23. The predicted molar refractivity (Wildman–Crippen MR) is 92.9 cm³/mol. The molecule has 0 radical (unpaired) electrons. The smallest absolute Gasteiger partial charge is 0.333 e. The minimum atomic E-state index is -4.40. The zero-order valence-electron chi connectivity index (χ0n) is 14.1. The maximum absolute atomic E-state index is 13.7. The minimum Gasteiger partial charge on any atom is -0.333 e. The summed E-state index contributed by atoms with van der Waals surface area (Å²) in [7, 11) is 0. The normalized spacial score (nSPS) is 14.7. The molecule has 0 spiro atoms. The third-order valence-electron chi connectivity index (χ3n) is 4.23. The molecule has 5 nitrogen and oxygen atoms in total. The number of halogens is 4. The van der Waals surface area contributed by atoms with Crippen LogP contribution in [0.2, 0.25) is 0 Å². The number of aliphatic imine (C=N–C) groups is 1. The highest BCUT2D eigenvalue weighted by molar-refractivity contribution is 5.87. The molecule has 0 unspecified atom stereocenters. The lowest BCUT2D eigenvalue weighted by atomic mass is 10.1. The van der Waals surface area contributed by atoms with Gasteiger partial charge < -0.3 is 4.90 Å². The van der Waals surface area contributed by atoms with E-state index in [0.717, 1.165) is 18.3 Å². The van der Waals surface area contributed by atoms with E-state index in [1.165, 1.54) is 22.7 Å². The van der Waals surface area contributed by atoms with Gasteiger partial charge in [0.1, 0.15) is 0 Å². The van der Waals surface area contributed by atoms with E-state index in [1.54, 1.807) is 24.2 Å². The van der Waals surface area contributed by atoms with Crippen LogP contribution in [-0.4, -0.2) is 27.1 Å². The maximum Gasteiger partial charge on any atom is 0.416 e. The molecule has 0 bridgehead atoms. The molecule has 9 heteroatoms. The molecule has 1 aliphatic heterocycles. The van der Waals surface area contributed by atoms with E-state index in [2.05, 4.69) is 15.0 Å². The molecule has 27 heavy (non-hydrogen) atoms. The highest BCUT2D eigenvalue weighted by Crippen LogP contribution is 2.33. The first kappa shape index (κ1) is 17.2. The Morgan fingerprint density at radius 1 is 1.11 bits per heavy atom. The molecule has 3 heterocycles. The van der Waals surface area contributed by atoms with Gasteiger partial charge in [0.05, 0.1) is 47.8 Å². The molecule has 0 aliphatic carbocycles. The molecular weight excluding hydrogens is 362 g/mol. The minimum absolute atomic E-state index is 0.326. The third-order valence-corrected chi connectivity index (χ3v) is 4.23. The van der Waals surface area contributed by atoms with E-state index < -0.39 is 17.6 Å². The van der Waals surface area contributed by atoms with Crippen LogP contribution < -0.4 is 4.90 Å². The fraction of sp³-hybridized carbons (Fsp3) is 0.167. The van der Waals surface area contributed by atoms with E-state index in [0.29, 0.717) is 35.1 Å². The highest BCUT2D eigenvalue weighted by atomic mass is 19.4. The zero-order chi connectivity index (χ0) is 19.2. The van der Waals surface area contributed by atoms with Crippen LogP contribution in [0.25, 0.3) is 11.5 Å². The van der Waals surface area contributed by atoms with Crippen LogP contribution >= 0.6 is 0 Å². The molecule has 2 aromatic heterocycles. The van der Waals surface area contributed by atoms with Crippen LogP contribution in [0.1, 0.15) is 17.0 Å². The first-order chi connectivity index (χ1) is 12.8. The molecular formula is C18H13F4N5. The van der Waals surface area contributed by atoms with Crippen molar-refractivity contribution in [1.29, 1.82) is 0 Å². The fourth-order valence-electron chi connectivity index (χ4n) is 3.01. The lowest BCUT2D eigenvalue weighted by Crippen LogP contribution is -2.27. The summed E-state index contributed by atoms with van der Waals surface area (Å²) in [4.78, 5) is 14.2. The second kappa shape index (κ2) is 6.19. The van der Waals surface area contributed by atoms with Gasteiger partial charge in [-0.2, -0.15) is 13.2 Å². The number of rotatable bonds is 2. The molecule has 3 aromatic rings. The molecule has 1 aromatic carbocycles. The van der Waals surface area contributed by atoms with E-state index in [9.17, 15) is 17.6 Å². The van der Waals surface area contributed by atoms with Crippen LogP contribution in [0, 0.1) is 12.7 Å². The summed E-state index contributed by atoms with van der Waals surface area (Å²) < 4.78 is 53.7. The number of aromatic nitrogens is 3. The highest BCUT2D eigenvalue weighted by Gasteiger charge is 2.30. The molecule has 0 amide bonds. The van der Waals surface area contributed by atoms with Gasteiger partial charge in [0.15, 0.2) is 5.82 Å². The van der Waals surface area contributed by atoms with Crippen LogP contribution in [0.15, 0.2) is 47.9 Å². The summed E-state index contributed by atoms with van der Waals surface area (Å²) in [6.45, 7) is 2.11. The largest absolute Gasteiger partial charge is 0.416 e. The van der Waals surface area contributed by atoms with Crippen molar-refractivity contribution in [2.24, 2.45) is 4.99 Å². The Balaban J connectivity index is 1.80. The molecule has 0 saturated heterocycles. The Kier molecular flexibility index (Phi) is 3.94. The quantitative estimate of drug-likeness (QED) is 0.634. The third kappa shape index (κ3) is 3.05. The summed E-state index contributed by atoms with van der Waals surface area (Å²) in [5.74, 6) is -0.200. The van der Waals surface area contributed by atoms with Crippen molar-refractivity contribution < 1.29 is 17.6 Å². The van der Waals surface area contributed by atoms with E-state index in [4.69, 9.17) is 0 Å². The molecule has 0 atom stereocenters. The van der Waals surface area contributed by atoms with Crippen LogP contribution in [0.5, 0.6) is 0 Å². The van der Waals surface area contributed by atoms with Crippen LogP contribution in [0.4, 0.5) is 23.2 Å². The standard InChI is InChI=1S/C18H13F4N5/c1-11-16(27-10-13(19)8-24-17(27)25-11)15-9-23-6-7-26(15)14-4-2-12(3-5-14)18(20,21)22/h2-6,8-10H,7H2,1H3. The first-order valence-corrected chi connectivity index (χ1v) is 8.02. The topological polar surface area (TPSA) is 45.8 Å². The SMILES string of the molecule is Cc1nc2ncc(F)cn2c1C1=CN=CCN1c1ccc(C(F)(F)F)cc1. The monoisotopic (exact) mass is 375 g/mol. The predicted octanol–water partition coefficient (Wildman–Crippen LogP) is 4.09. The number of aryl methyl sites for hydroxylation is 1. The molecule has 0 fully saturated rings. The number of imidazole rings is 1. The summed E-state index contributed by atoms with van der Waals surface area (Å²) >= 11 is 0. The summed E-state index contributed by atoms with van der Waals surface area (Å²) in [5.41, 5.74) is 1.61. The second-order valence-electron chi connectivity index (χ2n) is 5.99. The van der Waals surface area contributed by atoms with Gasteiger partial charge in [-0.1, -0.05) is 0 Å². The molecule has 0 N–H and O–H groups in total. The number of benzene rings is 1. The van der Waals surface area contributed by atoms with E-state index >= 15 is 0 Å². The van der Waals surface area contributed by atoms with Gasteiger partial charge in [0, 0.05) is 11.9 Å². The number of hydrogen-bond donors (Lipinski definition) is 0.